The second-order valence-electron chi connectivity index (χ2n) is 8.74. The van der Waals surface area contributed by atoms with Gasteiger partial charge in [0, 0.05) is 30.2 Å². The highest BCUT2D eigenvalue weighted by molar-refractivity contribution is 5.97. The van der Waals surface area contributed by atoms with Gasteiger partial charge in [-0.2, -0.15) is 0 Å². The summed E-state index contributed by atoms with van der Waals surface area (Å²) in [6, 6.07) is 27.7. The third kappa shape index (κ3) is 5.10. The molecular weight excluding hydrogens is 454 g/mol. The molecule has 2 heterocycles. The molecule has 1 atom stereocenters. The number of hydrogen-bond acceptors (Lipinski definition) is 4. The molecule has 2 amide bonds. The monoisotopic (exact) mass is 481 g/mol. The molecular formula is C29H27N3O4. The molecule has 0 aliphatic carbocycles. The third-order valence-electron chi connectivity index (χ3n) is 6.33. The Kier molecular flexibility index (Phi) is 6.71. The highest BCUT2D eigenvalue weighted by Crippen LogP contribution is 2.26. The maximum Gasteiger partial charge on any atom is 0.410 e. The van der Waals surface area contributed by atoms with Gasteiger partial charge in [0.05, 0.1) is 0 Å². The van der Waals surface area contributed by atoms with Gasteiger partial charge in [-0.1, -0.05) is 54.6 Å². The van der Waals surface area contributed by atoms with Crippen LogP contribution in [0.1, 0.15) is 18.4 Å². The Hall–Kier alpha value is -4.52. The predicted molar refractivity (Wildman–Crippen MR) is 138 cm³/mol. The smallest absolute Gasteiger partial charge is 0.410 e. The number of likely N-dealkylation sites (tertiary alicyclic amines) is 1. The van der Waals surface area contributed by atoms with Gasteiger partial charge in [-0.25, -0.2) is 4.79 Å². The minimum absolute atomic E-state index is 0.176. The van der Waals surface area contributed by atoms with E-state index in [2.05, 4.69) is 5.32 Å². The second kappa shape index (κ2) is 10.4. The summed E-state index contributed by atoms with van der Waals surface area (Å²) >= 11 is 0. The Morgan fingerprint density at radius 1 is 0.917 bits per heavy atom. The van der Waals surface area contributed by atoms with Crippen LogP contribution in [0.15, 0.2) is 97.2 Å². The number of anilines is 1. The van der Waals surface area contributed by atoms with Gasteiger partial charge in [0.2, 0.25) is 5.91 Å². The van der Waals surface area contributed by atoms with Gasteiger partial charge in [-0.3, -0.25) is 14.3 Å². The van der Waals surface area contributed by atoms with E-state index in [9.17, 15) is 14.7 Å². The lowest BCUT2D eigenvalue weighted by Crippen LogP contribution is -2.43. The van der Waals surface area contributed by atoms with Crippen LogP contribution in [0.2, 0.25) is 0 Å². The van der Waals surface area contributed by atoms with Crippen LogP contribution in [0.5, 0.6) is 5.88 Å². The number of benzene rings is 3. The van der Waals surface area contributed by atoms with Gasteiger partial charge in [0.1, 0.15) is 12.6 Å². The Balaban J connectivity index is 1.23. The number of ether oxygens (including phenoxy) is 1. The number of nitrogens with one attached hydrogen (secondary N) is 1. The van der Waals surface area contributed by atoms with E-state index in [1.54, 1.807) is 22.9 Å². The van der Waals surface area contributed by atoms with E-state index in [-0.39, 0.29) is 18.4 Å². The van der Waals surface area contributed by atoms with Crippen molar-refractivity contribution in [3.63, 3.8) is 0 Å². The molecule has 2 N–H and O–H groups in total. The summed E-state index contributed by atoms with van der Waals surface area (Å²) in [7, 11) is 0. The summed E-state index contributed by atoms with van der Waals surface area (Å²) in [4.78, 5) is 27.2. The fourth-order valence-corrected chi connectivity index (χ4v) is 4.47. The summed E-state index contributed by atoms with van der Waals surface area (Å²) in [5.74, 6) is -0.0443. The lowest BCUT2D eigenvalue weighted by atomic mass is 10.0. The number of aromatic nitrogens is 1. The molecule has 182 valence electrons. The molecule has 0 spiro atoms. The average Bonchev–Trinajstić information content (AvgIpc) is 3.58. The van der Waals surface area contributed by atoms with Gasteiger partial charge < -0.3 is 15.2 Å². The van der Waals surface area contributed by atoms with Crippen LogP contribution in [-0.4, -0.2) is 39.2 Å². The molecule has 7 heteroatoms. The molecule has 0 unspecified atom stereocenters. The van der Waals surface area contributed by atoms with Crippen LogP contribution in [0.25, 0.3) is 16.8 Å². The molecule has 0 saturated carbocycles. The third-order valence-corrected chi connectivity index (χ3v) is 6.33. The Morgan fingerprint density at radius 2 is 1.72 bits per heavy atom. The summed E-state index contributed by atoms with van der Waals surface area (Å²) in [6.07, 6.45) is 2.67. The van der Waals surface area contributed by atoms with Crippen LogP contribution >= 0.6 is 0 Å². The Labute approximate surface area is 209 Å². The highest BCUT2D eigenvalue weighted by atomic mass is 16.6. The molecule has 1 aliphatic heterocycles. The van der Waals surface area contributed by atoms with E-state index in [4.69, 9.17) is 4.74 Å². The lowest BCUT2D eigenvalue weighted by molar-refractivity contribution is -0.120. The van der Waals surface area contributed by atoms with Gasteiger partial charge in [0.15, 0.2) is 5.88 Å². The minimum Gasteiger partial charge on any atom is -0.494 e. The summed E-state index contributed by atoms with van der Waals surface area (Å²) in [6.45, 7) is 0.671. The normalized spacial score (nSPS) is 15.0. The van der Waals surface area contributed by atoms with E-state index in [0.29, 0.717) is 18.7 Å². The fraction of sp³-hybridized carbons (Fsp3) is 0.172. The first-order valence-corrected chi connectivity index (χ1v) is 11.9. The lowest BCUT2D eigenvalue weighted by Gasteiger charge is -2.23. The first-order chi connectivity index (χ1) is 17.6. The van der Waals surface area contributed by atoms with Crippen molar-refractivity contribution >= 4 is 17.7 Å². The van der Waals surface area contributed by atoms with Crippen molar-refractivity contribution in [3.05, 3.63) is 103 Å². The standard InChI is InChI=1S/C29H27N3O4/c33-27-12-6-17-31(27)25-15-13-22(14-16-25)23-9-4-10-24(19-23)30-28(34)26-11-5-18-32(26)29(35)36-20-21-7-2-1-3-8-21/h1-4,6-10,12-17,19,26,33H,5,11,18,20H2,(H,30,34)/t26-/m0/s1. The molecule has 7 nitrogen and oxygen atoms in total. The molecule has 1 fully saturated rings. The Bertz CT molecular complexity index is 1350. The largest absolute Gasteiger partial charge is 0.494 e. The Morgan fingerprint density at radius 3 is 2.47 bits per heavy atom. The quantitative estimate of drug-likeness (QED) is 0.376. The molecule has 36 heavy (non-hydrogen) atoms. The minimum atomic E-state index is -0.564. The van der Waals surface area contributed by atoms with Crippen LogP contribution in [0, 0.1) is 0 Å². The van der Waals surface area contributed by atoms with Crippen molar-refractivity contribution in [2.45, 2.75) is 25.5 Å². The number of aromatic hydroxyl groups is 1. The van der Waals surface area contributed by atoms with Crippen LogP contribution in [-0.2, 0) is 16.1 Å². The van der Waals surface area contributed by atoms with Crippen molar-refractivity contribution in [1.82, 2.24) is 9.47 Å². The van der Waals surface area contributed by atoms with Crippen molar-refractivity contribution in [1.29, 1.82) is 0 Å². The maximum atomic E-state index is 13.1. The van der Waals surface area contributed by atoms with Crippen molar-refractivity contribution in [3.8, 4) is 22.7 Å². The van der Waals surface area contributed by atoms with E-state index >= 15 is 0 Å². The molecule has 1 aliphatic rings. The maximum absolute atomic E-state index is 13.1. The zero-order valence-electron chi connectivity index (χ0n) is 19.7. The number of nitrogens with zero attached hydrogens (tertiary/aromatic N) is 2. The molecule has 4 aromatic rings. The van der Waals surface area contributed by atoms with Crippen molar-refractivity contribution in [2.24, 2.45) is 0 Å². The van der Waals surface area contributed by atoms with Crippen LogP contribution in [0.4, 0.5) is 10.5 Å². The second-order valence-corrected chi connectivity index (χ2v) is 8.74. The highest BCUT2D eigenvalue weighted by Gasteiger charge is 2.35. The fourth-order valence-electron chi connectivity index (χ4n) is 4.47. The molecule has 5 rings (SSSR count). The summed E-state index contributed by atoms with van der Waals surface area (Å²) in [5, 5.41) is 12.9. The van der Waals surface area contributed by atoms with E-state index in [1.807, 2.05) is 78.9 Å². The molecule has 0 radical (unpaired) electrons. The number of amides is 2. The number of rotatable bonds is 6. The van der Waals surface area contributed by atoms with Crippen molar-refractivity contribution < 1.29 is 19.4 Å². The van der Waals surface area contributed by atoms with E-state index in [1.165, 1.54) is 4.90 Å². The zero-order chi connectivity index (χ0) is 24.9. The number of carbonyl (C=O) groups is 2. The average molecular weight is 482 g/mol. The predicted octanol–water partition coefficient (Wildman–Crippen LogP) is 5.59. The molecule has 0 bridgehead atoms. The van der Waals surface area contributed by atoms with Gasteiger partial charge >= 0.3 is 6.09 Å². The topological polar surface area (TPSA) is 83.8 Å². The van der Waals surface area contributed by atoms with Crippen LogP contribution in [0.3, 0.4) is 0 Å². The first-order valence-electron chi connectivity index (χ1n) is 11.9. The molecule has 3 aromatic carbocycles. The summed E-state index contributed by atoms with van der Waals surface area (Å²) < 4.78 is 7.15. The van der Waals surface area contributed by atoms with Gasteiger partial charge in [-0.15, -0.1) is 0 Å². The number of carbonyl (C=O) groups excluding carboxylic acids is 2. The van der Waals surface area contributed by atoms with E-state index in [0.717, 1.165) is 28.8 Å². The van der Waals surface area contributed by atoms with Crippen LogP contribution < -0.4 is 5.32 Å². The molecule has 1 saturated heterocycles. The van der Waals surface area contributed by atoms with Crippen molar-refractivity contribution in [2.75, 3.05) is 11.9 Å². The zero-order valence-corrected chi connectivity index (χ0v) is 19.7. The van der Waals surface area contributed by atoms with Gasteiger partial charge in [-0.05, 0) is 59.9 Å². The SMILES string of the molecule is O=C(Nc1cccc(-c2ccc(-n3cccc3O)cc2)c1)[C@@H]1CCCN1C(=O)OCc1ccccc1. The number of hydrogen-bond donors (Lipinski definition) is 2. The van der Waals surface area contributed by atoms with E-state index < -0.39 is 12.1 Å². The molecule has 1 aromatic heterocycles. The first kappa shape index (κ1) is 23.2. The van der Waals surface area contributed by atoms with Gasteiger partial charge in [0.25, 0.3) is 0 Å². The summed E-state index contributed by atoms with van der Waals surface area (Å²) in [5.41, 5.74) is 4.34.